The summed E-state index contributed by atoms with van der Waals surface area (Å²) >= 11 is 0. The molecule has 0 aromatic carbocycles. The molecule has 0 radical (unpaired) electrons. The van der Waals surface area contributed by atoms with E-state index in [4.69, 9.17) is 0 Å². The lowest BCUT2D eigenvalue weighted by Gasteiger charge is -1.86. The molecule has 0 fully saturated rings. The van der Waals surface area contributed by atoms with Crippen LogP contribution in [0.3, 0.4) is 0 Å². The summed E-state index contributed by atoms with van der Waals surface area (Å²) in [5.41, 5.74) is 0. The van der Waals surface area contributed by atoms with Crippen LogP contribution in [-0.2, 0) is 0 Å². The molecule has 0 nitrogen and oxygen atoms in total. The van der Waals surface area contributed by atoms with Gasteiger partial charge in [-0.25, -0.2) is 0 Å². The SMILES string of the molecule is C/C=C/C(C)C. The van der Waals surface area contributed by atoms with Gasteiger partial charge in [0, 0.05) is 0 Å². The van der Waals surface area contributed by atoms with Gasteiger partial charge >= 0.3 is 0 Å². The molecule has 0 bridgehead atoms. The first-order valence-electron chi connectivity index (χ1n) is 2.40. The Kier molecular flexibility index (Phi) is 2.82. The van der Waals surface area contributed by atoms with Crippen molar-refractivity contribution in [2.24, 2.45) is 5.92 Å². The summed E-state index contributed by atoms with van der Waals surface area (Å²) in [6.45, 7) is 6.38. The molecule has 36 valence electrons. The summed E-state index contributed by atoms with van der Waals surface area (Å²) < 4.78 is 0. The lowest BCUT2D eigenvalue weighted by Crippen LogP contribution is -1.73. The summed E-state index contributed by atoms with van der Waals surface area (Å²) in [7, 11) is 0. The van der Waals surface area contributed by atoms with E-state index in [-0.39, 0.29) is 0 Å². The van der Waals surface area contributed by atoms with E-state index in [2.05, 4.69) is 26.0 Å². The third-order valence-electron chi connectivity index (χ3n) is 0.577. The maximum absolute atomic E-state index is 2.17. The van der Waals surface area contributed by atoms with Crippen LogP contribution in [0.2, 0.25) is 0 Å². The Bertz CT molecular complexity index is 42.0. The largest absolute Gasteiger partial charge is 0.0914 e. The summed E-state index contributed by atoms with van der Waals surface area (Å²) in [5.74, 6) is 0.718. The minimum atomic E-state index is 0.718. The molecule has 0 saturated carbocycles. The average molecular weight is 84.2 g/mol. The second kappa shape index (κ2) is 2.95. The van der Waals surface area contributed by atoms with Crippen LogP contribution >= 0.6 is 0 Å². The van der Waals surface area contributed by atoms with Crippen molar-refractivity contribution in [3.8, 4) is 0 Å². The second-order valence-electron chi connectivity index (χ2n) is 1.77. The molecule has 0 rings (SSSR count). The van der Waals surface area contributed by atoms with Crippen LogP contribution < -0.4 is 0 Å². The van der Waals surface area contributed by atoms with Gasteiger partial charge in [0.15, 0.2) is 0 Å². The Balaban J connectivity index is 3.03. The van der Waals surface area contributed by atoms with E-state index in [1.54, 1.807) is 0 Å². The zero-order chi connectivity index (χ0) is 4.99. The van der Waals surface area contributed by atoms with Gasteiger partial charge in [-0.2, -0.15) is 0 Å². The molecular weight excluding hydrogens is 72.1 g/mol. The first-order valence-corrected chi connectivity index (χ1v) is 2.40. The number of rotatable bonds is 1. The predicted molar refractivity (Wildman–Crippen MR) is 29.7 cm³/mol. The highest BCUT2D eigenvalue weighted by Crippen LogP contribution is 1.90. The highest BCUT2D eigenvalue weighted by molar-refractivity contribution is 4.79. The van der Waals surface area contributed by atoms with Crippen molar-refractivity contribution in [3.63, 3.8) is 0 Å². The number of hydrogen-bond donors (Lipinski definition) is 0. The third-order valence-corrected chi connectivity index (χ3v) is 0.577. The van der Waals surface area contributed by atoms with Crippen molar-refractivity contribution in [1.29, 1.82) is 0 Å². The van der Waals surface area contributed by atoms with Gasteiger partial charge in [0.25, 0.3) is 0 Å². The Hall–Kier alpha value is -0.260. The zero-order valence-electron chi connectivity index (χ0n) is 4.73. The molecule has 0 atom stereocenters. The van der Waals surface area contributed by atoms with Crippen LogP contribution in [0.5, 0.6) is 0 Å². The summed E-state index contributed by atoms with van der Waals surface area (Å²) in [6.07, 6.45) is 4.24. The van der Waals surface area contributed by atoms with Crippen molar-refractivity contribution in [3.05, 3.63) is 12.2 Å². The standard InChI is InChI=1S/C6H12/c1-4-5-6(2)3/h4-6H,1-3H3/b5-4+. The molecule has 0 saturated heterocycles. The van der Waals surface area contributed by atoms with E-state index in [9.17, 15) is 0 Å². The topological polar surface area (TPSA) is 0 Å². The molecule has 0 aromatic heterocycles. The van der Waals surface area contributed by atoms with Crippen molar-refractivity contribution in [1.82, 2.24) is 0 Å². The monoisotopic (exact) mass is 84.1 g/mol. The van der Waals surface area contributed by atoms with Crippen LogP contribution in [0.4, 0.5) is 0 Å². The van der Waals surface area contributed by atoms with E-state index < -0.39 is 0 Å². The van der Waals surface area contributed by atoms with E-state index in [0.717, 1.165) is 5.92 Å². The predicted octanol–water partition coefficient (Wildman–Crippen LogP) is 2.22. The van der Waals surface area contributed by atoms with Crippen molar-refractivity contribution < 1.29 is 0 Å². The van der Waals surface area contributed by atoms with E-state index in [0.29, 0.717) is 0 Å². The van der Waals surface area contributed by atoms with Gasteiger partial charge in [-0.15, -0.1) is 0 Å². The first-order chi connectivity index (χ1) is 2.77. The van der Waals surface area contributed by atoms with E-state index in [1.807, 2.05) is 6.92 Å². The lowest BCUT2D eigenvalue weighted by molar-refractivity contribution is 0.830. The molecule has 0 unspecified atom stereocenters. The third kappa shape index (κ3) is 3.74. The molecular formula is C6H12. The Morgan fingerprint density at radius 2 is 1.83 bits per heavy atom. The molecule has 0 aliphatic rings. The van der Waals surface area contributed by atoms with Gasteiger partial charge in [0.2, 0.25) is 0 Å². The lowest BCUT2D eigenvalue weighted by atomic mass is 10.2. The molecule has 0 N–H and O–H groups in total. The second-order valence-corrected chi connectivity index (χ2v) is 1.77. The van der Waals surface area contributed by atoms with Crippen LogP contribution in [0, 0.1) is 5.92 Å². The van der Waals surface area contributed by atoms with Crippen LogP contribution in [-0.4, -0.2) is 0 Å². The Labute approximate surface area is 39.9 Å². The normalized spacial score (nSPS) is 11.3. The van der Waals surface area contributed by atoms with Gasteiger partial charge < -0.3 is 0 Å². The van der Waals surface area contributed by atoms with Crippen LogP contribution in [0.1, 0.15) is 20.8 Å². The van der Waals surface area contributed by atoms with Gasteiger partial charge in [0.1, 0.15) is 0 Å². The van der Waals surface area contributed by atoms with Gasteiger partial charge in [-0.05, 0) is 12.8 Å². The number of hydrogen-bond acceptors (Lipinski definition) is 0. The number of allylic oxidation sites excluding steroid dienone is 2. The highest BCUT2D eigenvalue weighted by atomic mass is 13.8. The minimum Gasteiger partial charge on any atom is -0.0914 e. The summed E-state index contributed by atoms with van der Waals surface area (Å²) in [6, 6.07) is 0. The van der Waals surface area contributed by atoms with Crippen LogP contribution in [0.25, 0.3) is 0 Å². The highest BCUT2D eigenvalue weighted by Gasteiger charge is 1.76. The van der Waals surface area contributed by atoms with Gasteiger partial charge in [-0.1, -0.05) is 26.0 Å². The van der Waals surface area contributed by atoms with Crippen molar-refractivity contribution in [2.45, 2.75) is 20.8 Å². The Morgan fingerprint density at radius 3 is 1.83 bits per heavy atom. The fourth-order valence-electron chi connectivity index (χ4n) is 0.385. The van der Waals surface area contributed by atoms with Gasteiger partial charge in [0.05, 0.1) is 0 Å². The quantitative estimate of drug-likeness (QED) is 0.427. The van der Waals surface area contributed by atoms with Crippen molar-refractivity contribution >= 4 is 0 Å². The molecule has 0 aliphatic carbocycles. The van der Waals surface area contributed by atoms with Gasteiger partial charge in [-0.3, -0.25) is 0 Å². The molecule has 0 aliphatic heterocycles. The summed E-state index contributed by atoms with van der Waals surface area (Å²) in [4.78, 5) is 0. The van der Waals surface area contributed by atoms with Crippen molar-refractivity contribution in [2.75, 3.05) is 0 Å². The van der Waals surface area contributed by atoms with E-state index in [1.165, 1.54) is 0 Å². The molecule has 0 spiro atoms. The first kappa shape index (κ1) is 5.74. The zero-order valence-corrected chi connectivity index (χ0v) is 4.73. The molecule has 0 aromatic rings. The molecule has 0 heteroatoms. The molecule has 0 heterocycles. The average Bonchev–Trinajstić information content (AvgIpc) is 1.35. The maximum atomic E-state index is 2.17. The Morgan fingerprint density at radius 1 is 1.33 bits per heavy atom. The smallest absolute Gasteiger partial charge is 0.0291 e. The fraction of sp³-hybridized carbons (Fsp3) is 0.667. The summed E-state index contributed by atoms with van der Waals surface area (Å²) in [5, 5.41) is 0. The minimum absolute atomic E-state index is 0.718. The molecule has 6 heavy (non-hydrogen) atoms. The fourth-order valence-corrected chi connectivity index (χ4v) is 0.385. The van der Waals surface area contributed by atoms with E-state index >= 15 is 0 Å². The maximum Gasteiger partial charge on any atom is -0.0291 e. The van der Waals surface area contributed by atoms with Crippen LogP contribution in [0.15, 0.2) is 12.2 Å². The molecule has 0 amide bonds.